The van der Waals surface area contributed by atoms with E-state index < -0.39 is 10.9 Å². The Morgan fingerprint density at radius 3 is 2.62 bits per heavy atom. The number of aromatic nitrogens is 1. The Balaban J connectivity index is 3.17. The Hall–Kier alpha value is -2.18. The van der Waals surface area contributed by atoms with Crippen molar-refractivity contribution in [2.24, 2.45) is 0 Å². The number of nitrogens with zero attached hydrogens (tertiary/aromatic N) is 3. The van der Waals surface area contributed by atoms with E-state index in [1.54, 1.807) is 0 Å². The molecule has 0 amide bonds. The van der Waals surface area contributed by atoms with Crippen LogP contribution >= 0.6 is 0 Å². The maximum absolute atomic E-state index is 11.4. The molecule has 0 saturated carbocycles. The van der Waals surface area contributed by atoms with Crippen LogP contribution in [0.1, 0.15) is 50.4 Å². The molecule has 0 spiro atoms. The van der Waals surface area contributed by atoms with Crippen LogP contribution < -0.4 is 4.90 Å². The quantitative estimate of drug-likeness (QED) is 0.449. The van der Waals surface area contributed by atoms with E-state index in [-0.39, 0.29) is 17.3 Å². The number of hydrogen-bond acceptors (Lipinski definition) is 5. The fourth-order valence-corrected chi connectivity index (χ4v) is 2.07. The second kappa shape index (κ2) is 7.56. The summed E-state index contributed by atoms with van der Waals surface area (Å²) in [6.45, 7) is 6.66. The van der Waals surface area contributed by atoms with E-state index in [0.29, 0.717) is 12.4 Å². The van der Waals surface area contributed by atoms with Crippen LogP contribution in [-0.4, -0.2) is 33.6 Å². The molecule has 116 valence electrons. The lowest BCUT2D eigenvalue weighted by Gasteiger charge is -2.28. The van der Waals surface area contributed by atoms with Gasteiger partial charge in [-0.1, -0.05) is 19.8 Å². The fraction of sp³-hybridized carbons (Fsp3) is 0.571. The summed E-state index contributed by atoms with van der Waals surface area (Å²) in [6, 6.07) is 1.13. The van der Waals surface area contributed by atoms with Crippen LogP contribution in [0.5, 0.6) is 0 Å². The highest BCUT2D eigenvalue weighted by molar-refractivity contribution is 5.94. The average molecular weight is 295 g/mol. The second-order valence-corrected chi connectivity index (χ2v) is 5.12. The summed E-state index contributed by atoms with van der Waals surface area (Å²) in [7, 11) is 0. The van der Waals surface area contributed by atoms with Crippen LogP contribution in [-0.2, 0) is 0 Å². The summed E-state index contributed by atoms with van der Waals surface area (Å²) < 4.78 is 0. The van der Waals surface area contributed by atoms with E-state index in [0.717, 1.165) is 31.5 Å². The van der Waals surface area contributed by atoms with Crippen molar-refractivity contribution in [1.29, 1.82) is 0 Å². The molecule has 1 aromatic heterocycles. The first-order chi connectivity index (χ1) is 9.88. The van der Waals surface area contributed by atoms with Gasteiger partial charge in [0.25, 0.3) is 5.69 Å². The monoisotopic (exact) mass is 295 g/mol. The van der Waals surface area contributed by atoms with Gasteiger partial charge in [0.2, 0.25) is 0 Å². The number of unbranched alkanes of at least 4 members (excludes halogenated alkanes) is 2. The largest absolute Gasteiger partial charge is 0.478 e. The first-order valence-electron chi connectivity index (χ1n) is 7.02. The highest BCUT2D eigenvalue weighted by Gasteiger charge is 2.23. The molecule has 1 heterocycles. The van der Waals surface area contributed by atoms with Crippen molar-refractivity contribution < 1.29 is 14.8 Å². The van der Waals surface area contributed by atoms with E-state index in [1.165, 1.54) is 0 Å². The van der Waals surface area contributed by atoms with Crippen LogP contribution in [0.4, 0.5) is 11.5 Å². The number of hydrogen-bond donors (Lipinski definition) is 1. The van der Waals surface area contributed by atoms with E-state index in [1.807, 2.05) is 18.7 Å². The lowest BCUT2D eigenvalue weighted by atomic mass is 10.1. The highest BCUT2D eigenvalue weighted by Crippen LogP contribution is 2.24. The molecule has 0 fully saturated rings. The van der Waals surface area contributed by atoms with Crippen molar-refractivity contribution >= 4 is 17.5 Å². The van der Waals surface area contributed by atoms with Crippen molar-refractivity contribution in [3.05, 3.63) is 27.9 Å². The molecule has 21 heavy (non-hydrogen) atoms. The Labute approximate surface area is 123 Å². The van der Waals surface area contributed by atoms with Gasteiger partial charge in [-0.25, -0.2) is 9.78 Å². The molecule has 0 radical (unpaired) electrons. The summed E-state index contributed by atoms with van der Waals surface area (Å²) in [4.78, 5) is 27.4. The third-order valence-electron chi connectivity index (χ3n) is 3.19. The molecule has 7 heteroatoms. The van der Waals surface area contributed by atoms with Gasteiger partial charge < -0.3 is 10.0 Å². The summed E-state index contributed by atoms with van der Waals surface area (Å²) in [5.74, 6) is -0.915. The SMILES string of the molecule is CCCCCN(c1ncc([N+](=O)[O-])cc1C(=O)O)C(C)C. The van der Waals surface area contributed by atoms with Gasteiger partial charge >= 0.3 is 5.97 Å². The van der Waals surface area contributed by atoms with Crippen LogP contribution in [0.3, 0.4) is 0 Å². The number of aromatic carboxylic acids is 1. The first kappa shape index (κ1) is 16.9. The normalized spacial score (nSPS) is 10.7. The molecule has 0 aromatic carbocycles. The number of rotatable bonds is 8. The summed E-state index contributed by atoms with van der Waals surface area (Å²) in [5.41, 5.74) is -0.442. The van der Waals surface area contributed by atoms with Crippen LogP contribution in [0.25, 0.3) is 0 Å². The van der Waals surface area contributed by atoms with E-state index in [2.05, 4.69) is 11.9 Å². The van der Waals surface area contributed by atoms with E-state index >= 15 is 0 Å². The van der Waals surface area contributed by atoms with Gasteiger partial charge in [-0.3, -0.25) is 10.1 Å². The Morgan fingerprint density at radius 2 is 2.14 bits per heavy atom. The maximum Gasteiger partial charge on any atom is 0.339 e. The highest BCUT2D eigenvalue weighted by atomic mass is 16.6. The molecule has 0 atom stereocenters. The molecule has 0 bridgehead atoms. The van der Waals surface area contributed by atoms with Gasteiger partial charge in [0, 0.05) is 18.7 Å². The molecule has 0 aliphatic carbocycles. The van der Waals surface area contributed by atoms with Gasteiger partial charge in [0.15, 0.2) is 0 Å². The summed E-state index contributed by atoms with van der Waals surface area (Å²) in [5, 5.41) is 20.0. The maximum atomic E-state index is 11.4. The molecule has 7 nitrogen and oxygen atoms in total. The van der Waals surface area contributed by atoms with Crippen LogP contribution in [0.2, 0.25) is 0 Å². The zero-order valence-electron chi connectivity index (χ0n) is 12.6. The number of pyridine rings is 1. The molecule has 0 aliphatic rings. The third-order valence-corrected chi connectivity index (χ3v) is 3.19. The lowest BCUT2D eigenvalue weighted by molar-refractivity contribution is -0.385. The second-order valence-electron chi connectivity index (χ2n) is 5.12. The van der Waals surface area contributed by atoms with Crippen molar-refractivity contribution in [3.63, 3.8) is 0 Å². The molecule has 1 aromatic rings. The van der Waals surface area contributed by atoms with Crippen LogP contribution in [0, 0.1) is 10.1 Å². The van der Waals surface area contributed by atoms with Crippen molar-refractivity contribution in [1.82, 2.24) is 4.98 Å². The smallest absolute Gasteiger partial charge is 0.339 e. The number of anilines is 1. The van der Waals surface area contributed by atoms with E-state index in [4.69, 9.17) is 0 Å². The first-order valence-corrected chi connectivity index (χ1v) is 7.02. The summed E-state index contributed by atoms with van der Waals surface area (Å²) in [6.07, 6.45) is 4.13. The van der Waals surface area contributed by atoms with Gasteiger partial charge in [-0.2, -0.15) is 0 Å². The topological polar surface area (TPSA) is 96.6 Å². The fourth-order valence-electron chi connectivity index (χ4n) is 2.07. The predicted molar refractivity (Wildman–Crippen MR) is 79.9 cm³/mol. The molecular weight excluding hydrogens is 274 g/mol. The zero-order valence-corrected chi connectivity index (χ0v) is 12.6. The standard InChI is InChI=1S/C14H21N3O4/c1-4-5-6-7-16(10(2)3)13-12(14(18)19)8-11(9-15-13)17(20)21/h8-10H,4-7H2,1-3H3,(H,18,19). The molecule has 1 rings (SSSR count). The average Bonchev–Trinajstić information content (AvgIpc) is 2.42. The molecule has 0 saturated heterocycles. The minimum atomic E-state index is -1.21. The van der Waals surface area contributed by atoms with Gasteiger partial charge in [-0.05, 0) is 20.3 Å². The molecule has 0 aliphatic heterocycles. The Kier molecular flexibility index (Phi) is 6.08. The Bertz CT molecular complexity index is 517. The van der Waals surface area contributed by atoms with Crippen molar-refractivity contribution in [2.75, 3.05) is 11.4 Å². The molecule has 1 N–H and O–H groups in total. The van der Waals surface area contributed by atoms with Crippen molar-refractivity contribution in [3.8, 4) is 0 Å². The zero-order chi connectivity index (χ0) is 16.0. The third kappa shape index (κ3) is 4.40. The van der Waals surface area contributed by atoms with Gasteiger partial charge in [0.05, 0.1) is 4.92 Å². The minimum absolute atomic E-state index is 0.0638. The van der Waals surface area contributed by atoms with Gasteiger partial charge in [-0.15, -0.1) is 0 Å². The number of carboxylic acid groups (broad SMARTS) is 1. The molecule has 0 unspecified atom stereocenters. The lowest BCUT2D eigenvalue weighted by Crippen LogP contribution is -2.34. The van der Waals surface area contributed by atoms with E-state index in [9.17, 15) is 20.0 Å². The number of carboxylic acids is 1. The van der Waals surface area contributed by atoms with Crippen LogP contribution in [0.15, 0.2) is 12.3 Å². The molecular formula is C14H21N3O4. The minimum Gasteiger partial charge on any atom is -0.478 e. The summed E-state index contributed by atoms with van der Waals surface area (Å²) >= 11 is 0. The van der Waals surface area contributed by atoms with Crippen molar-refractivity contribution in [2.45, 2.75) is 46.1 Å². The van der Waals surface area contributed by atoms with Gasteiger partial charge in [0.1, 0.15) is 17.6 Å². The number of nitro groups is 1. The number of carbonyl (C=O) groups is 1. The Morgan fingerprint density at radius 1 is 1.48 bits per heavy atom. The predicted octanol–water partition coefficient (Wildman–Crippen LogP) is 3.09.